The third kappa shape index (κ3) is 1.90. The molecule has 0 spiro atoms. The number of carbonyl (C=O) groups is 2. The summed E-state index contributed by atoms with van der Waals surface area (Å²) in [5.74, 6) is 0.581. The Morgan fingerprint density at radius 1 is 1.41 bits per heavy atom. The quantitative estimate of drug-likeness (QED) is 0.748. The molecule has 1 aliphatic rings. The maximum Gasteiger partial charge on any atom is 0.227 e. The monoisotopic (exact) mass is 233 g/mol. The third-order valence-electron chi connectivity index (χ3n) is 2.98. The van der Waals surface area contributed by atoms with Gasteiger partial charge >= 0.3 is 0 Å². The molecule has 4 heteroatoms. The molecule has 1 aromatic rings. The lowest BCUT2D eigenvalue weighted by Gasteiger charge is -2.28. The Hall–Kier alpha value is -1.84. The highest BCUT2D eigenvalue weighted by molar-refractivity contribution is 5.99. The van der Waals surface area contributed by atoms with Crippen LogP contribution in [-0.2, 0) is 11.2 Å². The molecule has 17 heavy (non-hydrogen) atoms. The molecule has 0 atom stereocenters. The van der Waals surface area contributed by atoms with Gasteiger partial charge in [-0.1, -0.05) is 6.07 Å². The summed E-state index contributed by atoms with van der Waals surface area (Å²) in [7, 11) is 1.72. The summed E-state index contributed by atoms with van der Waals surface area (Å²) in [5, 5.41) is 0. The fourth-order valence-electron chi connectivity index (χ4n) is 2.12. The number of aryl methyl sites for hydroxylation is 1. The molecule has 0 unspecified atom stereocenters. The number of carbonyl (C=O) groups excluding carboxylic acids is 2. The fourth-order valence-corrected chi connectivity index (χ4v) is 2.12. The van der Waals surface area contributed by atoms with Gasteiger partial charge in [-0.25, -0.2) is 0 Å². The van der Waals surface area contributed by atoms with Crippen LogP contribution in [0.25, 0.3) is 0 Å². The Bertz CT molecular complexity index is 468. The molecule has 90 valence electrons. The summed E-state index contributed by atoms with van der Waals surface area (Å²) >= 11 is 0. The van der Waals surface area contributed by atoms with Gasteiger partial charge in [0.1, 0.15) is 0 Å². The van der Waals surface area contributed by atoms with Gasteiger partial charge < -0.3 is 9.64 Å². The molecule has 0 fully saturated rings. The molecular formula is C13H15NO3. The van der Waals surface area contributed by atoms with Crippen LogP contribution in [0.4, 0.5) is 5.69 Å². The van der Waals surface area contributed by atoms with Gasteiger partial charge in [-0.05, 0) is 25.0 Å². The van der Waals surface area contributed by atoms with Crippen molar-refractivity contribution in [3.8, 4) is 5.75 Å². The van der Waals surface area contributed by atoms with Crippen LogP contribution in [-0.4, -0.2) is 25.8 Å². The number of rotatable bonds is 3. The van der Waals surface area contributed by atoms with Crippen molar-refractivity contribution in [2.75, 3.05) is 18.6 Å². The molecule has 2 rings (SSSR count). The molecule has 0 saturated carbocycles. The summed E-state index contributed by atoms with van der Waals surface area (Å²) in [6, 6.07) is 3.64. The highest BCUT2D eigenvalue weighted by Gasteiger charge is 2.26. The molecule has 0 saturated heterocycles. The van der Waals surface area contributed by atoms with Crippen molar-refractivity contribution in [2.24, 2.45) is 0 Å². The molecule has 0 bridgehead atoms. The van der Waals surface area contributed by atoms with Crippen LogP contribution in [0.1, 0.15) is 29.3 Å². The normalized spacial score (nSPS) is 14.5. The average molecular weight is 233 g/mol. The van der Waals surface area contributed by atoms with Crippen molar-refractivity contribution < 1.29 is 14.3 Å². The number of amides is 1. The maximum atomic E-state index is 11.7. The average Bonchev–Trinajstić information content (AvgIpc) is 2.34. The second kappa shape index (κ2) is 4.57. The third-order valence-corrected chi connectivity index (χ3v) is 2.98. The Labute approximate surface area is 100 Å². The number of anilines is 1. The van der Waals surface area contributed by atoms with Crippen LogP contribution >= 0.6 is 0 Å². The lowest BCUT2D eigenvalue weighted by atomic mass is 9.98. The van der Waals surface area contributed by atoms with Crippen LogP contribution in [0.2, 0.25) is 0 Å². The number of hydrogen-bond acceptors (Lipinski definition) is 3. The van der Waals surface area contributed by atoms with Crippen LogP contribution in [0.3, 0.4) is 0 Å². The van der Waals surface area contributed by atoms with E-state index in [1.165, 1.54) is 0 Å². The van der Waals surface area contributed by atoms with Gasteiger partial charge in [0.05, 0.1) is 17.9 Å². The molecule has 0 radical (unpaired) electrons. The van der Waals surface area contributed by atoms with Crippen molar-refractivity contribution in [1.82, 2.24) is 0 Å². The van der Waals surface area contributed by atoms with E-state index in [1.54, 1.807) is 18.0 Å². The lowest BCUT2D eigenvalue weighted by molar-refractivity contribution is -0.118. The van der Waals surface area contributed by atoms with Gasteiger partial charge in [-0.3, -0.25) is 9.59 Å². The van der Waals surface area contributed by atoms with Crippen LogP contribution in [0.5, 0.6) is 5.75 Å². The SMILES string of the molecule is CCOc1c(C=O)ccc2c1N(C)C(=O)CC2. The van der Waals surface area contributed by atoms with E-state index in [2.05, 4.69) is 0 Å². The minimum Gasteiger partial charge on any atom is -0.491 e. The molecule has 1 amide bonds. The smallest absolute Gasteiger partial charge is 0.227 e. The summed E-state index contributed by atoms with van der Waals surface area (Å²) < 4.78 is 5.52. The summed E-state index contributed by atoms with van der Waals surface area (Å²) in [5.41, 5.74) is 2.29. The number of fused-ring (bicyclic) bond motifs is 1. The molecule has 0 aliphatic carbocycles. The Morgan fingerprint density at radius 2 is 2.18 bits per heavy atom. The minimum atomic E-state index is 0.0569. The van der Waals surface area contributed by atoms with E-state index in [9.17, 15) is 9.59 Å². The molecular weight excluding hydrogens is 218 g/mol. The number of benzene rings is 1. The van der Waals surface area contributed by atoms with Crippen molar-refractivity contribution in [2.45, 2.75) is 19.8 Å². The van der Waals surface area contributed by atoms with Gasteiger partial charge in [0.15, 0.2) is 12.0 Å². The molecule has 1 aliphatic heterocycles. The number of hydrogen-bond donors (Lipinski definition) is 0. The van der Waals surface area contributed by atoms with Gasteiger partial charge in [0, 0.05) is 13.5 Å². The van der Waals surface area contributed by atoms with Crippen molar-refractivity contribution >= 4 is 17.9 Å². The van der Waals surface area contributed by atoms with E-state index >= 15 is 0 Å². The first kappa shape index (κ1) is 11.6. The maximum absolute atomic E-state index is 11.7. The molecule has 4 nitrogen and oxygen atoms in total. The molecule has 0 aromatic heterocycles. The number of aldehydes is 1. The second-order valence-electron chi connectivity index (χ2n) is 4.00. The summed E-state index contributed by atoms with van der Waals surface area (Å²) in [4.78, 5) is 24.3. The van der Waals surface area contributed by atoms with Crippen molar-refractivity contribution in [3.05, 3.63) is 23.3 Å². The molecule has 1 aromatic carbocycles. The zero-order valence-corrected chi connectivity index (χ0v) is 10.0. The van der Waals surface area contributed by atoms with E-state index < -0.39 is 0 Å². The van der Waals surface area contributed by atoms with E-state index in [1.807, 2.05) is 13.0 Å². The van der Waals surface area contributed by atoms with E-state index in [0.29, 0.717) is 30.8 Å². The van der Waals surface area contributed by atoms with Gasteiger partial charge in [-0.2, -0.15) is 0 Å². The number of ether oxygens (including phenoxy) is 1. The minimum absolute atomic E-state index is 0.0569. The topological polar surface area (TPSA) is 46.6 Å². The zero-order valence-electron chi connectivity index (χ0n) is 10.0. The highest BCUT2D eigenvalue weighted by atomic mass is 16.5. The van der Waals surface area contributed by atoms with E-state index in [0.717, 1.165) is 17.5 Å². The van der Waals surface area contributed by atoms with E-state index in [4.69, 9.17) is 4.74 Å². The fraction of sp³-hybridized carbons (Fsp3) is 0.385. The van der Waals surface area contributed by atoms with E-state index in [-0.39, 0.29) is 5.91 Å². The lowest BCUT2D eigenvalue weighted by Crippen LogP contribution is -2.31. The first-order chi connectivity index (χ1) is 8.19. The number of nitrogens with zero attached hydrogens (tertiary/aromatic N) is 1. The van der Waals surface area contributed by atoms with Crippen LogP contribution in [0, 0.1) is 0 Å². The first-order valence-corrected chi connectivity index (χ1v) is 5.69. The molecule has 0 N–H and O–H groups in total. The van der Waals surface area contributed by atoms with Gasteiger partial charge in [-0.15, -0.1) is 0 Å². The van der Waals surface area contributed by atoms with Crippen molar-refractivity contribution in [1.29, 1.82) is 0 Å². The first-order valence-electron chi connectivity index (χ1n) is 5.69. The van der Waals surface area contributed by atoms with Crippen molar-refractivity contribution in [3.63, 3.8) is 0 Å². The van der Waals surface area contributed by atoms with Gasteiger partial charge in [0.25, 0.3) is 0 Å². The summed E-state index contributed by atoms with van der Waals surface area (Å²) in [6.45, 7) is 2.33. The van der Waals surface area contributed by atoms with Crippen LogP contribution < -0.4 is 9.64 Å². The standard InChI is InChI=1S/C13H15NO3/c1-3-17-13-10(8-15)5-4-9-6-7-11(16)14(2)12(9)13/h4-5,8H,3,6-7H2,1-2H3. The summed E-state index contributed by atoms with van der Waals surface area (Å²) in [6.07, 6.45) is 1.98. The van der Waals surface area contributed by atoms with Crippen LogP contribution in [0.15, 0.2) is 12.1 Å². The molecule has 1 heterocycles. The zero-order chi connectivity index (χ0) is 12.4. The predicted molar refractivity (Wildman–Crippen MR) is 64.7 cm³/mol. The Balaban J connectivity index is 2.60. The van der Waals surface area contributed by atoms with Gasteiger partial charge in [0.2, 0.25) is 5.91 Å². The largest absolute Gasteiger partial charge is 0.491 e. The highest BCUT2D eigenvalue weighted by Crippen LogP contribution is 2.38. The second-order valence-corrected chi connectivity index (χ2v) is 4.00. The Morgan fingerprint density at radius 3 is 2.82 bits per heavy atom. The predicted octanol–water partition coefficient (Wildman–Crippen LogP) is 1.81. The Kier molecular flexibility index (Phi) is 3.13.